The summed E-state index contributed by atoms with van der Waals surface area (Å²) in [5.74, 6) is 1.39. The van der Waals surface area contributed by atoms with Gasteiger partial charge in [-0.15, -0.1) is 24.0 Å². The topological polar surface area (TPSA) is 64.1 Å². The normalized spacial score (nSPS) is 17.0. The molecule has 1 heterocycles. The van der Waals surface area contributed by atoms with E-state index in [4.69, 9.17) is 14.2 Å². The van der Waals surface area contributed by atoms with Crippen LogP contribution < -0.4 is 10.6 Å². The molecule has 0 aliphatic carbocycles. The molecule has 6 nitrogen and oxygen atoms in total. The van der Waals surface area contributed by atoms with E-state index in [2.05, 4.69) is 33.8 Å². The molecule has 0 spiro atoms. The van der Waals surface area contributed by atoms with Gasteiger partial charge in [-0.05, 0) is 24.0 Å². The quantitative estimate of drug-likeness (QED) is 0.235. The minimum atomic E-state index is 0. The number of ether oxygens (including phenoxy) is 3. The highest BCUT2D eigenvalue weighted by molar-refractivity contribution is 14.0. The molecular weight excluding hydrogens is 445 g/mol. The highest BCUT2D eigenvalue weighted by Gasteiger charge is 2.15. The van der Waals surface area contributed by atoms with Gasteiger partial charge < -0.3 is 24.8 Å². The second kappa shape index (κ2) is 14.2. The summed E-state index contributed by atoms with van der Waals surface area (Å²) in [4.78, 5) is 4.26. The van der Waals surface area contributed by atoms with Crippen LogP contribution in [0.25, 0.3) is 0 Å². The van der Waals surface area contributed by atoms with Crippen LogP contribution in [0, 0.1) is 5.92 Å². The second-order valence-corrected chi connectivity index (χ2v) is 6.26. The number of nitrogens with one attached hydrogen (secondary N) is 2. The summed E-state index contributed by atoms with van der Waals surface area (Å²) in [6.45, 7) is 5.50. The summed E-state index contributed by atoms with van der Waals surface area (Å²) >= 11 is 0. The maximum Gasteiger partial charge on any atom is 0.191 e. The summed E-state index contributed by atoms with van der Waals surface area (Å²) < 4.78 is 16.2. The lowest BCUT2D eigenvalue weighted by Crippen LogP contribution is -2.37. The molecule has 0 amide bonds. The molecule has 1 aromatic carbocycles. The van der Waals surface area contributed by atoms with Crippen molar-refractivity contribution in [2.75, 3.05) is 47.1 Å². The maximum absolute atomic E-state index is 5.71. The zero-order chi connectivity index (χ0) is 17.7. The van der Waals surface area contributed by atoms with Crippen molar-refractivity contribution in [1.82, 2.24) is 10.6 Å². The van der Waals surface area contributed by atoms with Gasteiger partial charge in [-0.1, -0.05) is 24.3 Å². The molecule has 1 fully saturated rings. The molecule has 1 aliphatic rings. The molecule has 1 aromatic rings. The highest BCUT2D eigenvalue weighted by Crippen LogP contribution is 2.12. The van der Waals surface area contributed by atoms with Gasteiger partial charge in [0.1, 0.15) is 0 Å². The number of methoxy groups -OCH3 is 1. The van der Waals surface area contributed by atoms with Crippen LogP contribution in [0.4, 0.5) is 0 Å². The van der Waals surface area contributed by atoms with Crippen LogP contribution in [0.2, 0.25) is 0 Å². The fourth-order valence-corrected chi connectivity index (χ4v) is 2.75. The number of halogens is 1. The third kappa shape index (κ3) is 9.16. The van der Waals surface area contributed by atoms with E-state index in [0.717, 1.165) is 58.3 Å². The lowest BCUT2D eigenvalue weighted by molar-refractivity contribution is 0.0888. The first-order chi connectivity index (χ1) is 12.3. The van der Waals surface area contributed by atoms with Crippen LogP contribution in [0.1, 0.15) is 24.0 Å². The smallest absolute Gasteiger partial charge is 0.191 e. The van der Waals surface area contributed by atoms with Crippen molar-refractivity contribution >= 4 is 29.9 Å². The van der Waals surface area contributed by atoms with E-state index in [1.165, 1.54) is 11.1 Å². The number of aliphatic imine (C=N–C) groups is 1. The van der Waals surface area contributed by atoms with Gasteiger partial charge in [0, 0.05) is 46.4 Å². The third-order valence-corrected chi connectivity index (χ3v) is 4.12. The number of hydrogen-bond donors (Lipinski definition) is 2. The van der Waals surface area contributed by atoms with Crippen molar-refractivity contribution in [2.45, 2.75) is 26.0 Å². The van der Waals surface area contributed by atoms with E-state index in [1.54, 1.807) is 14.2 Å². The molecule has 1 unspecified atom stereocenters. The summed E-state index contributed by atoms with van der Waals surface area (Å²) in [5.41, 5.74) is 2.38. The Hall–Kier alpha value is -0.900. The van der Waals surface area contributed by atoms with Crippen molar-refractivity contribution in [1.29, 1.82) is 0 Å². The van der Waals surface area contributed by atoms with E-state index >= 15 is 0 Å². The maximum atomic E-state index is 5.71. The van der Waals surface area contributed by atoms with Crippen molar-refractivity contribution in [2.24, 2.45) is 10.9 Å². The Balaban J connectivity index is 0.00000338. The molecule has 2 rings (SSSR count). The first-order valence-corrected chi connectivity index (χ1v) is 8.98. The molecule has 1 aliphatic heterocycles. The van der Waals surface area contributed by atoms with E-state index in [1.807, 2.05) is 6.07 Å². The molecule has 0 radical (unpaired) electrons. The number of benzene rings is 1. The van der Waals surface area contributed by atoms with Gasteiger partial charge in [0.2, 0.25) is 0 Å². The summed E-state index contributed by atoms with van der Waals surface area (Å²) in [6, 6.07) is 8.36. The molecule has 148 valence electrons. The van der Waals surface area contributed by atoms with Crippen LogP contribution in [0.3, 0.4) is 0 Å². The Labute approximate surface area is 174 Å². The van der Waals surface area contributed by atoms with E-state index in [0.29, 0.717) is 12.5 Å². The predicted octanol–water partition coefficient (Wildman–Crippen LogP) is 2.56. The largest absolute Gasteiger partial charge is 0.381 e. The Morgan fingerprint density at radius 1 is 1.31 bits per heavy atom. The molecule has 2 N–H and O–H groups in total. The lowest BCUT2D eigenvalue weighted by atomic mass is 10.1. The average Bonchev–Trinajstić information content (AvgIpc) is 3.14. The van der Waals surface area contributed by atoms with E-state index in [9.17, 15) is 0 Å². The minimum absolute atomic E-state index is 0. The van der Waals surface area contributed by atoms with Gasteiger partial charge in [-0.3, -0.25) is 4.99 Å². The molecule has 0 aromatic heterocycles. The average molecular weight is 477 g/mol. The highest BCUT2D eigenvalue weighted by atomic mass is 127. The zero-order valence-corrected chi connectivity index (χ0v) is 18.2. The first kappa shape index (κ1) is 23.1. The van der Waals surface area contributed by atoms with Crippen LogP contribution in [0.5, 0.6) is 0 Å². The number of hydrogen-bond acceptors (Lipinski definition) is 4. The van der Waals surface area contributed by atoms with Crippen LogP contribution in [-0.4, -0.2) is 53.1 Å². The summed E-state index contributed by atoms with van der Waals surface area (Å²) in [6.07, 6.45) is 2.08. The Morgan fingerprint density at radius 3 is 2.88 bits per heavy atom. The Kier molecular flexibility index (Phi) is 12.6. The van der Waals surface area contributed by atoms with Gasteiger partial charge in [0.25, 0.3) is 0 Å². The van der Waals surface area contributed by atoms with Crippen molar-refractivity contribution in [3.8, 4) is 0 Å². The van der Waals surface area contributed by atoms with Crippen molar-refractivity contribution < 1.29 is 14.2 Å². The molecule has 1 atom stereocenters. The number of guanidine groups is 1. The van der Waals surface area contributed by atoms with Crippen LogP contribution >= 0.6 is 24.0 Å². The third-order valence-electron chi connectivity index (χ3n) is 4.12. The molecule has 7 heteroatoms. The zero-order valence-electron chi connectivity index (χ0n) is 15.8. The number of nitrogens with zero attached hydrogens (tertiary/aromatic N) is 1. The SMILES string of the molecule is CN=C(NCCCOCC1CCOC1)NCc1cccc(COC)c1.I. The van der Waals surface area contributed by atoms with Crippen molar-refractivity contribution in [3.05, 3.63) is 35.4 Å². The predicted molar refractivity (Wildman–Crippen MR) is 115 cm³/mol. The van der Waals surface area contributed by atoms with Crippen LogP contribution in [0.15, 0.2) is 29.3 Å². The molecule has 1 saturated heterocycles. The molecular formula is C19H32IN3O3. The molecule has 0 bridgehead atoms. The molecule has 0 saturated carbocycles. The second-order valence-electron chi connectivity index (χ2n) is 6.26. The minimum Gasteiger partial charge on any atom is -0.381 e. The Bertz CT molecular complexity index is 523. The van der Waals surface area contributed by atoms with Gasteiger partial charge in [-0.25, -0.2) is 0 Å². The fraction of sp³-hybridized carbons (Fsp3) is 0.632. The van der Waals surface area contributed by atoms with Crippen LogP contribution in [-0.2, 0) is 27.4 Å². The molecule has 26 heavy (non-hydrogen) atoms. The van der Waals surface area contributed by atoms with Gasteiger partial charge in [0.05, 0.1) is 19.8 Å². The summed E-state index contributed by atoms with van der Waals surface area (Å²) in [5, 5.41) is 6.65. The van der Waals surface area contributed by atoms with E-state index < -0.39 is 0 Å². The number of rotatable bonds is 10. The first-order valence-electron chi connectivity index (χ1n) is 8.98. The lowest BCUT2D eigenvalue weighted by Gasteiger charge is -2.13. The fourth-order valence-electron chi connectivity index (χ4n) is 2.75. The van der Waals surface area contributed by atoms with Gasteiger partial charge in [-0.2, -0.15) is 0 Å². The van der Waals surface area contributed by atoms with Gasteiger partial charge >= 0.3 is 0 Å². The Morgan fingerprint density at radius 2 is 2.15 bits per heavy atom. The van der Waals surface area contributed by atoms with Crippen molar-refractivity contribution in [3.63, 3.8) is 0 Å². The standard InChI is InChI=1S/C19H31N3O3.HI/c1-20-19(21-8-4-9-24-14-18-7-10-25-15-18)22-12-16-5-3-6-17(11-16)13-23-2;/h3,5-6,11,18H,4,7-10,12-15H2,1-2H3,(H2,20,21,22);1H. The van der Waals surface area contributed by atoms with E-state index in [-0.39, 0.29) is 24.0 Å². The monoisotopic (exact) mass is 477 g/mol. The van der Waals surface area contributed by atoms with Gasteiger partial charge in [0.15, 0.2) is 5.96 Å². The summed E-state index contributed by atoms with van der Waals surface area (Å²) in [7, 11) is 3.50.